The van der Waals surface area contributed by atoms with Crippen molar-refractivity contribution in [3.05, 3.63) is 59.9 Å². The summed E-state index contributed by atoms with van der Waals surface area (Å²) in [5, 5.41) is 11.8. The SMILES string of the molecule is N#Cc1cccc(NC(=O)N2CCN(Cc3cccnc3)CC2)c1. The third kappa shape index (κ3) is 4.09. The van der Waals surface area contributed by atoms with Crippen molar-refractivity contribution in [2.75, 3.05) is 31.5 Å². The molecule has 0 saturated carbocycles. The van der Waals surface area contributed by atoms with Gasteiger partial charge >= 0.3 is 6.03 Å². The number of pyridine rings is 1. The molecule has 0 radical (unpaired) electrons. The molecule has 0 unspecified atom stereocenters. The molecule has 1 N–H and O–H groups in total. The number of piperazine rings is 1. The lowest BCUT2D eigenvalue weighted by atomic mass is 10.2. The topological polar surface area (TPSA) is 72.3 Å². The molecule has 0 atom stereocenters. The Hall–Kier alpha value is -2.91. The highest BCUT2D eigenvalue weighted by Gasteiger charge is 2.21. The maximum absolute atomic E-state index is 12.3. The molecule has 1 saturated heterocycles. The van der Waals surface area contributed by atoms with Crippen LogP contribution in [0.3, 0.4) is 0 Å². The van der Waals surface area contributed by atoms with Gasteiger partial charge in [-0.05, 0) is 29.8 Å². The van der Waals surface area contributed by atoms with Crippen molar-refractivity contribution in [3.63, 3.8) is 0 Å². The number of hydrogen-bond donors (Lipinski definition) is 1. The van der Waals surface area contributed by atoms with E-state index in [-0.39, 0.29) is 6.03 Å². The first-order valence-electron chi connectivity index (χ1n) is 7.92. The minimum Gasteiger partial charge on any atom is -0.322 e. The minimum atomic E-state index is -0.119. The van der Waals surface area contributed by atoms with E-state index in [9.17, 15) is 4.79 Å². The fourth-order valence-corrected chi connectivity index (χ4v) is 2.73. The van der Waals surface area contributed by atoms with E-state index in [2.05, 4.69) is 27.3 Å². The number of hydrogen-bond acceptors (Lipinski definition) is 4. The van der Waals surface area contributed by atoms with E-state index in [4.69, 9.17) is 5.26 Å². The number of carbonyl (C=O) groups excluding carboxylic acids is 1. The Bertz CT molecular complexity index is 733. The summed E-state index contributed by atoms with van der Waals surface area (Å²) in [4.78, 5) is 20.6. The molecule has 6 heteroatoms. The van der Waals surface area contributed by atoms with Crippen LogP contribution in [0.15, 0.2) is 48.8 Å². The smallest absolute Gasteiger partial charge is 0.321 e. The first-order chi connectivity index (χ1) is 11.7. The molecule has 2 aromatic rings. The van der Waals surface area contributed by atoms with E-state index in [0.717, 1.165) is 19.6 Å². The normalized spacial score (nSPS) is 14.9. The second kappa shape index (κ2) is 7.57. The fraction of sp³-hybridized carbons (Fsp3) is 0.278. The summed E-state index contributed by atoms with van der Waals surface area (Å²) in [5.41, 5.74) is 2.37. The van der Waals surface area contributed by atoms with Gasteiger partial charge in [-0.1, -0.05) is 12.1 Å². The van der Waals surface area contributed by atoms with Gasteiger partial charge in [-0.15, -0.1) is 0 Å². The Kier molecular flexibility index (Phi) is 5.04. The second-order valence-electron chi connectivity index (χ2n) is 5.75. The Morgan fingerprint density at radius 3 is 2.75 bits per heavy atom. The lowest BCUT2D eigenvalue weighted by Gasteiger charge is -2.34. The molecule has 0 aliphatic carbocycles. The summed E-state index contributed by atoms with van der Waals surface area (Å²) in [6.45, 7) is 3.89. The number of nitrogens with one attached hydrogen (secondary N) is 1. The quantitative estimate of drug-likeness (QED) is 0.941. The van der Waals surface area contributed by atoms with Crippen LogP contribution in [0.25, 0.3) is 0 Å². The summed E-state index contributed by atoms with van der Waals surface area (Å²) in [7, 11) is 0. The summed E-state index contributed by atoms with van der Waals surface area (Å²) in [5.74, 6) is 0. The third-order valence-corrected chi connectivity index (χ3v) is 4.03. The Morgan fingerprint density at radius 2 is 2.04 bits per heavy atom. The van der Waals surface area contributed by atoms with Crippen molar-refractivity contribution < 1.29 is 4.79 Å². The van der Waals surface area contributed by atoms with E-state index in [1.807, 2.05) is 12.3 Å². The zero-order chi connectivity index (χ0) is 16.8. The summed E-state index contributed by atoms with van der Waals surface area (Å²) in [6.07, 6.45) is 3.65. The van der Waals surface area contributed by atoms with Crippen LogP contribution >= 0.6 is 0 Å². The highest BCUT2D eigenvalue weighted by molar-refractivity contribution is 5.89. The van der Waals surface area contributed by atoms with Gasteiger partial charge in [0.2, 0.25) is 0 Å². The average Bonchev–Trinajstić information content (AvgIpc) is 2.63. The van der Waals surface area contributed by atoms with E-state index in [1.165, 1.54) is 5.56 Å². The van der Waals surface area contributed by atoms with Gasteiger partial charge in [-0.3, -0.25) is 9.88 Å². The van der Waals surface area contributed by atoms with Crippen LogP contribution in [0.5, 0.6) is 0 Å². The molecule has 1 aromatic heterocycles. The minimum absolute atomic E-state index is 0.119. The molecule has 1 fully saturated rings. The number of carbonyl (C=O) groups is 1. The first-order valence-corrected chi connectivity index (χ1v) is 7.92. The zero-order valence-corrected chi connectivity index (χ0v) is 13.4. The van der Waals surface area contributed by atoms with Gasteiger partial charge in [0.05, 0.1) is 11.6 Å². The number of urea groups is 1. The molecule has 2 amide bonds. The van der Waals surface area contributed by atoms with Crippen LogP contribution < -0.4 is 5.32 Å². The maximum Gasteiger partial charge on any atom is 0.321 e. The van der Waals surface area contributed by atoms with Crippen molar-refractivity contribution in [3.8, 4) is 6.07 Å². The van der Waals surface area contributed by atoms with Gasteiger partial charge in [-0.2, -0.15) is 5.26 Å². The monoisotopic (exact) mass is 321 g/mol. The zero-order valence-electron chi connectivity index (χ0n) is 13.4. The van der Waals surface area contributed by atoms with Gasteiger partial charge in [0.15, 0.2) is 0 Å². The number of anilines is 1. The molecule has 6 nitrogen and oxygen atoms in total. The Labute approximate surface area is 141 Å². The third-order valence-electron chi connectivity index (χ3n) is 4.03. The molecule has 1 aliphatic heterocycles. The highest BCUT2D eigenvalue weighted by Crippen LogP contribution is 2.12. The lowest BCUT2D eigenvalue weighted by Crippen LogP contribution is -2.49. The summed E-state index contributed by atoms with van der Waals surface area (Å²) >= 11 is 0. The van der Waals surface area contributed by atoms with Gasteiger partial charge in [0.25, 0.3) is 0 Å². The molecule has 0 bridgehead atoms. The molecule has 1 aromatic carbocycles. The Balaban J connectivity index is 1.51. The van der Waals surface area contributed by atoms with Crippen LogP contribution in [0, 0.1) is 11.3 Å². The number of amides is 2. The summed E-state index contributed by atoms with van der Waals surface area (Å²) < 4.78 is 0. The van der Waals surface area contributed by atoms with E-state index < -0.39 is 0 Å². The Morgan fingerprint density at radius 1 is 1.21 bits per heavy atom. The predicted molar refractivity (Wildman–Crippen MR) is 91.3 cm³/mol. The van der Waals surface area contributed by atoms with Crippen LogP contribution in [0.1, 0.15) is 11.1 Å². The number of rotatable bonds is 3. The van der Waals surface area contributed by atoms with Crippen molar-refractivity contribution in [1.82, 2.24) is 14.8 Å². The van der Waals surface area contributed by atoms with Gasteiger partial charge in [0, 0.05) is 50.8 Å². The average molecular weight is 321 g/mol. The summed E-state index contributed by atoms with van der Waals surface area (Å²) in [6, 6.07) is 12.9. The van der Waals surface area contributed by atoms with Crippen LogP contribution in [0.4, 0.5) is 10.5 Å². The van der Waals surface area contributed by atoms with Gasteiger partial charge < -0.3 is 10.2 Å². The fourth-order valence-electron chi connectivity index (χ4n) is 2.73. The molecular formula is C18H19N5O. The number of nitriles is 1. The van der Waals surface area contributed by atoms with Crippen molar-refractivity contribution in [2.45, 2.75) is 6.54 Å². The largest absolute Gasteiger partial charge is 0.322 e. The van der Waals surface area contributed by atoms with Crippen LogP contribution in [-0.2, 0) is 6.54 Å². The standard InChI is InChI=1S/C18H19N5O/c19-12-15-3-1-5-17(11-15)21-18(24)23-9-7-22(8-10-23)14-16-4-2-6-20-13-16/h1-6,11,13H,7-10,14H2,(H,21,24). The maximum atomic E-state index is 12.3. The first kappa shape index (κ1) is 16.0. The molecule has 0 spiro atoms. The van der Waals surface area contributed by atoms with Gasteiger partial charge in [0.1, 0.15) is 0 Å². The molecular weight excluding hydrogens is 302 g/mol. The van der Waals surface area contributed by atoms with Crippen molar-refractivity contribution >= 4 is 11.7 Å². The number of nitrogens with zero attached hydrogens (tertiary/aromatic N) is 4. The molecule has 3 rings (SSSR count). The second-order valence-corrected chi connectivity index (χ2v) is 5.75. The van der Waals surface area contributed by atoms with Crippen molar-refractivity contribution in [2.24, 2.45) is 0 Å². The highest BCUT2D eigenvalue weighted by atomic mass is 16.2. The van der Waals surface area contributed by atoms with E-state index in [0.29, 0.717) is 24.3 Å². The number of aromatic nitrogens is 1. The van der Waals surface area contributed by atoms with Crippen LogP contribution in [-0.4, -0.2) is 47.0 Å². The van der Waals surface area contributed by atoms with E-state index >= 15 is 0 Å². The van der Waals surface area contributed by atoms with Gasteiger partial charge in [-0.25, -0.2) is 4.79 Å². The van der Waals surface area contributed by atoms with E-state index in [1.54, 1.807) is 35.4 Å². The predicted octanol–water partition coefficient (Wildman–Crippen LogP) is 2.30. The number of benzene rings is 1. The molecule has 122 valence electrons. The van der Waals surface area contributed by atoms with Crippen LogP contribution in [0.2, 0.25) is 0 Å². The molecule has 2 heterocycles. The molecule has 24 heavy (non-hydrogen) atoms. The molecule has 1 aliphatic rings. The lowest BCUT2D eigenvalue weighted by molar-refractivity contribution is 0.143. The van der Waals surface area contributed by atoms with Crippen molar-refractivity contribution in [1.29, 1.82) is 5.26 Å².